The average Bonchev–Trinajstić information content (AvgIpc) is 2.40. The lowest BCUT2D eigenvalue weighted by Crippen LogP contribution is -1.91. The van der Waals surface area contributed by atoms with E-state index in [1.165, 1.54) is 24.3 Å². The number of halogens is 4. The van der Waals surface area contributed by atoms with Gasteiger partial charge in [0.25, 0.3) is 0 Å². The number of hydrogen-bond donors (Lipinski definition) is 0. The van der Waals surface area contributed by atoms with Crippen molar-refractivity contribution in [3.8, 4) is 0 Å². The Kier molecular flexibility index (Phi) is 6.59. The lowest BCUT2D eigenvalue weighted by molar-refractivity contribution is 0.559. The minimum absolute atomic E-state index is 0.169. The molecule has 0 aliphatic carbocycles. The Bertz CT molecular complexity index is 476. The summed E-state index contributed by atoms with van der Waals surface area (Å²) in [6.07, 6.45) is 1.05. The molecule has 0 saturated heterocycles. The maximum absolute atomic E-state index is 12.8. The van der Waals surface area contributed by atoms with Crippen LogP contribution >= 0.6 is 11.6 Å². The molecule has 0 bridgehead atoms. The first kappa shape index (κ1) is 16.6. The summed E-state index contributed by atoms with van der Waals surface area (Å²) in [6.45, 7) is 3.60. The van der Waals surface area contributed by atoms with Crippen LogP contribution < -0.4 is 0 Å². The molecule has 0 aliphatic rings. The van der Waals surface area contributed by atoms with Gasteiger partial charge in [0, 0.05) is 16.1 Å². The van der Waals surface area contributed by atoms with E-state index in [0.717, 1.165) is 0 Å². The highest BCUT2D eigenvalue weighted by Gasteiger charge is 2.03. The van der Waals surface area contributed by atoms with E-state index in [0.29, 0.717) is 23.4 Å². The van der Waals surface area contributed by atoms with Crippen molar-refractivity contribution in [3.05, 3.63) is 70.0 Å². The summed E-state index contributed by atoms with van der Waals surface area (Å²) in [7, 11) is 0. The van der Waals surface area contributed by atoms with Crippen LogP contribution in [0.15, 0.2) is 36.4 Å². The van der Waals surface area contributed by atoms with Crippen molar-refractivity contribution in [3.63, 3.8) is 0 Å². The fourth-order valence-corrected chi connectivity index (χ4v) is 2.04. The number of benzene rings is 2. The molecule has 0 amide bonds. The van der Waals surface area contributed by atoms with Gasteiger partial charge in [-0.25, -0.2) is 13.2 Å². The van der Waals surface area contributed by atoms with Crippen LogP contribution in [0.2, 0.25) is 5.02 Å². The summed E-state index contributed by atoms with van der Waals surface area (Å²) in [5.41, 5.74) is 0.770. The highest BCUT2D eigenvalue weighted by Crippen LogP contribution is 2.18. The molecule has 0 aliphatic heterocycles. The van der Waals surface area contributed by atoms with Crippen molar-refractivity contribution in [2.24, 2.45) is 0 Å². The molecule has 0 saturated carbocycles. The van der Waals surface area contributed by atoms with Gasteiger partial charge in [-0.05, 0) is 37.1 Å². The fraction of sp³-hybridized carbons (Fsp3) is 0.250. The van der Waals surface area contributed by atoms with Crippen molar-refractivity contribution in [2.75, 3.05) is 0 Å². The Hall–Kier alpha value is -1.48. The molecule has 20 heavy (non-hydrogen) atoms. The van der Waals surface area contributed by atoms with Crippen molar-refractivity contribution in [1.82, 2.24) is 0 Å². The zero-order valence-corrected chi connectivity index (χ0v) is 12.1. The van der Waals surface area contributed by atoms with Gasteiger partial charge in [-0.2, -0.15) is 0 Å². The molecular formula is C16H16ClF3. The molecule has 2 aromatic rings. The van der Waals surface area contributed by atoms with Gasteiger partial charge in [0.05, 0.1) is 0 Å². The van der Waals surface area contributed by atoms with Crippen molar-refractivity contribution in [2.45, 2.75) is 26.7 Å². The first-order valence-electron chi connectivity index (χ1n) is 6.37. The van der Waals surface area contributed by atoms with Gasteiger partial charge in [-0.3, -0.25) is 0 Å². The molecule has 0 N–H and O–H groups in total. The van der Waals surface area contributed by atoms with Crippen LogP contribution in [-0.2, 0) is 12.8 Å². The molecule has 0 heterocycles. The topological polar surface area (TPSA) is 0 Å². The monoisotopic (exact) mass is 300 g/mol. The normalized spacial score (nSPS) is 9.90. The Morgan fingerprint density at radius 3 is 1.45 bits per heavy atom. The Morgan fingerprint density at radius 2 is 1.15 bits per heavy atom. The molecule has 0 nitrogen and oxygen atoms in total. The van der Waals surface area contributed by atoms with Crippen molar-refractivity contribution in [1.29, 1.82) is 0 Å². The summed E-state index contributed by atoms with van der Waals surface area (Å²) in [5.74, 6) is -1.12. The van der Waals surface area contributed by atoms with Crippen LogP contribution in [0, 0.1) is 17.5 Å². The molecule has 2 aromatic carbocycles. The second-order valence-corrected chi connectivity index (χ2v) is 4.51. The molecule has 0 spiro atoms. The molecular weight excluding hydrogens is 285 g/mol. The van der Waals surface area contributed by atoms with Crippen molar-refractivity contribution >= 4 is 11.6 Å². The summed E-state index contributed by atoms with van der Waals surface area (Å²) in [6, 6.07) is 8.62. The van der Waals surface area contributed by atoms with Gasteiger partial charge < -0.3 is 0 Å². The van der Waals surface area contributed by atoms with E-state index in [2.05, 4.69) is 0 Å². The highest BCUT2D eigenvalue weighted by molar-refractivity contribution is 6.31. The van der Waals surface area contributed by atoms with Gasteiger partial charge in [-0.15, -0.1) is 0 Å². The van der Waals surface area contributed by atoms with Crippen molar-refractivity contribution < 1.29 is 13.2 Å². The molecule has 0 aromatic heterocycles. The Morgan fingerprint density at radius 1 is 0.750 bits per heavy atom. The SMILES string of the molecule is CCc1c(F)cccc1Cl.CCc1c(F)cccc1F. The number of rotatable bonds is 2. The molecule has 0 unspecified atom stereocenters. The maximum Gasteiger partial charge on any atom is 0.129 e. The van der Waals surface area contributed by atoms with Crippen LogP contribution in [0.25, 0.3) is 0 Å². The zero-order chi connectivity index (χ0) is 15.1. The summed E-state index contributed by atoms with van der Waals surface area (Å²) in [4.78, 5) is 0. The molecule has 108 valence electrons. The van der Waals surface area contributed by atoms with Gasteiger partial charge >= 0.3 is 0 Å². The van der Waals surface area contributed by atoms with Gasteiger partial charge in [0.2, 0.25) is 0 Å². The Balaban J connectivity index is 0.000000200. The van der Waals surface area contributed by atoms with E-state index in [9.17, 15) is 13.2 Å². The van der Waals surface area contributed by atoms with E-state index in [4.69, 9.17) is 11.6 Å². The third-order valence-corrected chi connectivity index (χ3v) is 3.18. The molecule has 4 heteroatoms. The van der Waals surface area contributed by atoms with Gasteiger partial charge in [0.15, 0.2) is 0 Å². The molecule has 0 fully saturated rings. The number of hydrogen-bond acceptors (Lipinski definition) is 0. The van der Waals surface area contributed by atoms with Crippen LogP contribution in [0.3, 0.4) is 0 Å². The first-order chi connectivity index (χ1) is 9.51. The summed E-state index contributed by atoms with van der Waals surface area (Å²) in [5, 5.41) is 0.516. The second-order valence-electron chi connectivity index (χ2n) is 4.11. The smallest absolute Gasteiger partial charge is 0.129 e. The summed E-state index contributed by atoms with van der Waals surface area (Å²) >= 11 is 5.69. The standard InChI is InChI=1S/C8H8ClF.C8H8F2/c2*1-2-6-7(9)4-3-5-8(6)10/h2*3-5H,2H2,1H3. The predicted octanol–water partition coefficient (Wildman–Crippen LogP) is 5.57. The van der Waals surface area contributed by atoms with Gasteiger partial charge in [0.1, 0.15) is 17.5 Å². The minimum Gasteiger partial charge on any atom is -0.207 e. The van der Waals surface area contributed by atoms with E-state index in [-0.39, 0.29) is 11.4 Å². The molecule has 2 rings (SSSR count). The van der Waals surface area contributed by atoms with Crippen LogP contribution in [0.4, 0.5) is 13.2 Å². The van der Waals surface area contributed by atoms with Crippen LogP contribution in [-0.4, -0.2) is 0 Å². The van der Waals surface area contributed by atoms with Crippen LogP contribution in [0.1, 0.15) is 25.0 Å². The minimum atomic E-state index is -0.456. The Labute approximate surface area is 122 Å². The quantitative estimate of drug-likeness (QED) is 0.680. The molecule has 0 radical (unpaired) electrons. The van der Waals surface area contributed by atoms with E-state index >= 15 is 0 Å². The largest absolute Gasteiger partial charge is 0.207 e. The second kappa shape index (κ2) is 7.95. The van der Waals surface area contributed by atoms with E-state index < -0.39 is 11.6 Å². The predicted molar refractivity (Wildman–Crippen MR) is 76.5 cm³/mol. The molecule has 0 atom stereocenters. The van der Waals surface area contributed by atoms with E-state index in [1.54, 1.807) is 19.1 Å². The third-order valence-electron chi connectivity index (χ3n) is 2.83. The third kappa shape index (κ3) is 4.27. The van der Waals surface area contributed by atoms with E-state index in [1.807, 2.05) is 6.92 Å². The summed E-state index contributed by atoms with van der Waals surface area (Å²) < 4.78 is 38.0. The van der Waals surface area contributed by atoms with Gasteiger partial charge in [-0.1, -0.05) is 37.6 Å². The lowest BCUT2D eigenvalue weighted by atomic mass is 10.1. The average molecular weight is 301 g/mol. The highest BCUT2D eigenvalue weighted by atomic mass is 35.5. The lowest BCUT2D eigenvalue weighted by Gasteiger charge is -1.99. The first-order valence-corrected chi connectivity index (χ1v) is 6.74. The van der Waals surface area contributed by atoms with Crippen LogP contribution in [0.5, 0.6) is 0 Å². The fourth-order valence-electron chi connectivity index (χ4n) is 1.74. The zero-order valence-electron chi connectivity index (χ0n) is 11.4. The maximum atomic E-state index is 12.8.